The molecule has 5 aromatic carbocycles. The number of nitrogens with zero attached hydrogens (tertiary/aromatic N) is 4. The summed E-state index contributed by atoms with van der Waals surface area (Å²) in [7, 11) is 0. The van der Waals surface area contributed by atoms with Crippen molar-refractivity contribution < 1.29 is 0 Å². The highest BCUT2D eigenvalue weighted by atomic mass is 15.0. The predicted octanol–water partition coefficient (Wildman–Crippen LogP) is 8.55. The molecule has 2 aromatic heterocycles. The molecule has 7 aromatic rings. The lowest BCUT2D eigenvalue weighted by molar-refractivity contribution is 1.08. The Kier molecular flexibility index (Phi) is 5.64. The molecule has 0 aliphatic heterocycles. The van der Waals surface area contributed by atoms with Crippen molar-refractivity contribution in [3.05, 3.63) is 133 Å². The van der Waals surface area contributed by atoms with Crippen molar-refractivity contribution in [1.29, 1.82) is 0 Å². The quantitative estimate of drug-likeness (QED) is 0.243. The number of hydrogen-bond donors (Lipinski definition) is 0. The molecule has 0 aliphatic carbocycles. The Labute approximate surface area is 226 Å². The average molecular weight is 501 g/mol. The van der Waals surface area contributed by atoms with Gasteiger partial charge in [0.15, 0.2) is 17.5 Å². The second-order valence-electron chi connectivity index (χ2n) is 9.64. The Bertz CT molecular complexity index is 1880. The van der Waals surface area contributed by atoms with Crippen LogP contribution in [0.1, 0.15) is 5.69 Å². The molecule has 0 fully saturated rings. The Morgan fingerprint density at radius 3 is 1.41 bits per heavy atom. The first-order valence-electron chi connectivity index (χ1n) is 13.0. The van der Waals surface area contributed by atoms with E-state index in [-0.39, 0.29) is 0 Å². The van der Waals surface area contributed by atoms with Gasteiger partial charge in [-0.25, -0.2) is 15.0 Å². The fourth-order valence-electron chi connectivity index (χ4n) is 5.01. The maximum absolute atomic E-state index is 4.96. The summed E-state index contributed by atoms with van der Waals surface area (Å²) >= 11 is 0. The Morgan fingerprint density at radius 2 is 0.872 bits per heavy atom. The number of pyridine rings is 1. The molecule has 4 heteroatoms. The summed E-state index contributed by atoms with van der Waals surface area (Å²) in [5, 5.41) is 4.68. The van der Waals surface area contributed by atoms with Gasteiger partial charge in [0.2, 0.25) is 0 Å². The fourth-order valence-corrected chi connectivity index (χ4v) is 5.01. The molecule has 0 N–H and O–H groups in total. The summed E-state index contributed by atoms with van der Waals surface area (Å²) in [5.41, 5.74) is 6.09. The Balaban J connectivity index is 1.38. The summed E-state index contributed by atoms with van der Waals surface area (Å²) in [5.74, 6) is 1.95. The van der Waals surface area contributed by atoms with E-state index in [2.05, 4.69) is 120 Å². The maximum atomic E-state index is 4.96. The average Bonchev–Trinajstić information content (AvgIpc) is 3.01. The molecule has 0 bridgehead atoms. The van der Waals surface area contributed by atoms with Crippen LogP contribution in [0.4, 0.5) is 0 Å². The largest absolute Gasteiger partial charge is 0.261 e. The molecule has 0 radical (unpaired) electrons. The van der Waals surface area contributed by atoms with E-state index in [1.165, 1.54) is 10.8 Å². The molecule has 7 rings (SSSR count). The first-order chi connectivity index (χ1) is 19.2. The molecule has 0 spiro atoms. The van der Waals surface area contributed by atoms with Gasteiger partial charge in [-0.2, -0.15) is 0 Å². The highest BCUT2D eigenvalue weighted by Gasteiger charge is 2.14. The molecule has 4 nitrogen and oxygen atoms in total. The summed E-state index contributed by atoms with van der Waals surface area (Å²) in [6, 6.07) is 41.8. The number of aromatic nitrogens is 4. The Hall–Kier alpha value is -5.22. The van der Waals surface area contributed by atoms with Gasteiger partial charge in [0.1, 0.15) is 0 Å². The maximum Gasteiger partial charge on any atom is 0.164 e. The van der Waals surface area contributed by atoms with Crippen LogP contribution in [0.2, 0.25) is 0 Å². The first-order valence-corrected chi connectivity index (χ1v) is 13.0. The number of hydrogen-bond acceptors (Lipinski definition) is 4. The zero-order chi connectivity index (χ0) is 26.2. The summed E-state index contributed by atoms with van der Waals surface area (Å²) in [6.07, 6.45) is 1.82. The van der Waals surface area contributed by atoms with Gasteiger partial charge in [-0.05, 0) is 52.2 Å². The lowest BCUT2D eigenvalue weighted by Crippen LogP contribution is -2.00. The van der Waals surface area contributed by atoms with Gasteiger partial charge in [0, 0.05) is 34.1 Å². The van der Waals surface area contributed by atoms with E-state index in [0.717, 1.165) is 44.3 Å². The minimum Gasteiger partial charge on any atom is -0.261 e. The van der Waals surface area contributed by atoms with Gasteiger partial charge in [-0.15, -0.1) is 0 Å². The minimum absolute atomic E-state index is 0.644. The molecule has 0 unspecified atom stereocenters. The Morgan fingerprint density at radius 1 is 0.410 bits per heavy atom. The van der Waals surface area contributed by atoms with Crippen LogP contribution in [-0.2, 0) is 0 Å². The smallest absolute Gasteiger partial charge is 0.164 e. The zero-order valence-corrected chi connectivity index (χ0v) is 21.4. The molecule has 0 atom stereocenters. The highest BCUT2D eigenvalue weighted by Crippen LogP contribution is 2.30. The van der Waals surface area contributed by atoms with Crippen LogP contribution >= 0.6 is 0 Å². The summed E-state index contributed by atoms with van der Waals surface area (Å²) in [6.45, 7) is 2.03. The molecule has 39 heavy (non-hydrogen) atoms. The monoisotopic (exact) mass is 500 g/mol. The number of fused-ring (bicyclic) bond motifs is 2. The third-order valence-corrected chi connectivity index (χ3v) is 7.11. The van der Waals surface area contributed by atoms with Crippen LogP contribution in [0.15, 0.2) is 128 Å². The minimum atomic E-state index is 0.644. The van der Waals surface area contributed by atoms with Crippen molar-refractivity contribution in [2.24, 2.45) is 0 Å². The third kappa shape index (κ3) is 4.42. The van der Waals surface area contributed by atoms with Crippen molar-refractivity contribution in [3.8, 4) is 45.3 Å². The van der Waals surface area contributed by atoms with Crippen LogP contribution in [-0.4, -0.2) is 19.9 Å². The lowest BCUT2D eigenvalue weighted by atomic mass is 10.0. The molecule has 0 saturated heterocycles. The van der Waals surface area contributed by atoms with E-state index in [4.69, 9.17) is 15.0 Å². The lowest BCUT2D eigenvalue weighted by Gasteiger charge is -2.10. The van der Waals surface area contributed by atoms with Gasteiger partial charge in [-0.3, -0.25) is 4.98 Å². The van der Waals surface area contributed by atoms with Crippen molar-refractivity contribution in [3.63, 3.8) is 0 Å². The molecule has 184 valence electrons. The van der Waals surface area contributed by atoms with Gasteiger partial charge in [0.05, 0.1) is 0 Å². The van der Waals surface area contributed by atoms with Gasteiger partial charge in [-0.1, -0.05) is 103 Å². The van der Waals surface area contributed by atoms with E-state index in [1.54, 1.807) is 0 Å². The molecule has 0 aliphatic rings. The van der Waals surface area contributed by atoms with Crippen molar-refractivity contribution >= 4 is 21.5 Å². The highest BCUT2D eigenvalue weighted by molar-refractivity contribution is 5.88. The molecule has 0 amide bonds. The van der Waals surface area contributed by atoms with Crippen LogP contribution in [0.3, 0.4) is 0 Å². The van der Waals surface area contributed by atoms with Crippen LogP contribution < -0.4 is 0 Å². The van der Waals surface area contributed by atoms with Crippen LogP contribution in [0.25, 0.3) is 66.8 Å². The van der Waals surface area contributed by atoms with Crippen LogP contribution in [0.5, 0.6) is 0 Å². The normalized spacial score (nSPS) is 11.2. The second-order valence-corrected chi connectivity index (χ2v) is 9.64. The van der Waals surface area contributed by atoms with E-state index in [9.17, 15) is 0 Å². The predicted molar refractivity (Wildman–Crippen MR) is 159 cm³/mol. The number of benzene rings is 5. The molecule has 2 heterocycles. The molecule has 0 saturated carbocycles. The van der Waals surface area contributed by atoms with E-state index in [1.807, 2.05) is 19.2 Å². The van der Waals surface area contributed by atoms with Gasteiger partial charge >= 0.3 is 0 Å². The van der Waals surface area contributed by atoms with Crippen molar-refractivity contribution in [2.75, 3.05) is 0 Å². The third-order valence-electron chi connectivity index (χ3n) is 7.11. The second kappa shape index (κ2) is 9.58. The summed E-state index contributed by atoms with van der Waals surface area (Å²) in [4.78, 5) is 19.3. The topological polar surface area (TPSA) is 51.6 Å². The standard InChI is InChI=1S/C35H24N4/c1-23-32(11-6-20-36-23)26-14-16-27(17-15-26)33-37-34(30-18-12-24-7-2-4-9-28(24)21-30)39-35(38-33)31-19-13-25-8-3-5-10-29(25)22-31/h2-22H,1H3. The fraction of sp³-hybridized carbons (Fsp3) is 0.0286. The van der Waals surface area contributed by atoms with Crippen LogP contribution in [0, 0.1) is 6.92 Å². The molecular weight excluding hydrogens is 476 g/mol. The van der Waals surface area contributed by atoms with Crippen molar-refractivity contribution in [2.45, 2.75) is 6.92 Å². The number of aryl methyl sites for hydroxylation is 1. The zero-order valence-electron chi connectivity index (χ0n) is 21.4. The van der Waals surface area contributed by atoms with E-state index < -0.39 is 0 Å². The van der Waals surface area contributed by atoms with E-state index in [0.29, 0.717) is 17.5 Å². The SMILES string of the molecule is Cc1ncccc1-c1ccc(-c2nc(-c3ccc4ccccc4c3)nc(-c3ccc4ccccc4c3)n2)cc1. The van der Waals surface area contributed by atoms with E-state index >= 15 is 0 Å². The first kappa shape index (κ1) is 22.9. The molecular formula is C35H24N4. The van der Waals surface area contributed by atoms with Crippen molar-refractivity contribution in [1.82, 2.24) is 19.9 Å². The number of rotatable bonds is 4. The van der Waals surface area contributed by atoms with Gasteiger partial charge < -0.3 is 0 Å². The van der Waals surface area contributed by atoms with Gasteiger partial charge in [0.25, 0.3) is 0 Å². The summed E-state index contributed by atoms with van der Waals surface area (Å²) < 4.78 is 0.